The number of morpholine rings is 1. The van der Waals surface area contributed by atoms with Crippen LogP contribution in [0.1, 0.15) is 31.4 Å². The van der Waals surface area contributed by atoms with E-state index >= 15 is 0 Å². The fourth-order valence-corrected chi connectivity index (χ4v) is 3.80. The molecule has 3 rings (SSSR count). The predicted molar refractivity (Wildman–Crippen MR) is 95.1 cm³/mol. The summed E-state index contributed by atoms with van der Waals surface area (Å²) in [6.07, 6.45) is 2.18. The summed E-state index contributed by atoms with van der Waals surface area (Å²) in [5.74, 6) is 1.73. The molecule has 0 aromatic heterocycles. The van der Waals surface area contributed by atoms with Crippen LogP contribution in [0.15, 0.2) is 18.2 Å². The Kier molecular flexibility index (Phi) is 5.81. The Bertz CT molecular complexity index is 607. The van der Waals surface area contributed by atoms with Crippen molar-refractivity contribution in [3.8, 4) is 11.5 Å². The molecule has 138 valence electrons. The molecule has 0 radical (unpaired) electrons. The number of methoxy groups -OCH3 is 2. The van der Waals surface area contributed by atoms with Crippen LogP contribution in [0, 0.1) is 0 Å². The second kappa shape index (κ2) is 8.06. The van der Waals surface area contributed by atoms with Gasteiger partial charge in [0.2, 0.25) is 5.91 Å². The second-order valence-electron chi connectivity index (χ2n) is 6.77. The molecule has 2 fully saturated rings. The van der Waals surface area contributed by atoms with Crippen molar-refractivity contribution in [2.45, 2.75) is 31.9 Å². The number of likely N-dealkylation sites (tertiary alicyclic amines) is 1. The molecule has 6 heteroatoms. The first kappa shape index (κ1) is 18.0. The fraction of sp³-hybridized carbons (Fsp3) is 0.632. The highest BCUT2D eigenvalue weighted by molar-refractivity contribution is 5.79. The lowest BCUT2D eigenvalue weighted by atomic mass is 10.0. The molecular weight excluding hydrogens is 320 g/mol. The van der Waals surface area contributed by atoms with Crippen molar-refractivity contribution >= 4 is 5.91 Å². The Hall–Kier alpha value is -1.79. The van der Waals surface area contributed by atoms with E-state index in [0.29, 0.717) is 13.2 Å². The van der Waals surface area contributed by atoms with Gasteiger partial charge in [-0.2, -0.15) is 0 Å². The van der Waals surface area contributed by atoms with E-state index in [1.165, 1.54) is 0 Å². The number of rotatable bonds is 5. The van der Waals surface area contributed by atoms with E-state index in [0.717, 1.165) is 49.5 Å². The lowest BCUT2D eigenvalue weighted by molar-refractivity contribution is -0.135. The highest BCUT2D eigenvalue weighted by Crippen LogP contribution is 2.38. The lowest BCUT2D eigenvalue weighted by Gasteiger charge is -2.33. The smallest absolute Gasteiger partial charge is 0.237 e. The summed E-state index contributed by atoms with van der Waals surface area (Å²) >= 11 is 0. The molecule has 1 aromatic rings. The molecule has 2 saturated heterocycles. The highest BCUT2D eigenvalue weighted by atomic mass is 16.5. The summed E-state index contributed by atoms with van der Waals surface area (Å²) in [5.41, 5.74) is 1.06. The Morgan fingerprint density at radius 3 is 2.84 bits per heavy atom. The molecule has 0 bridgehead atoms. The van der Waals surface area contributed by atoms with Crippen LogP contribution in [0.2, 0.25) is 0 Å². The topological polar surface area (TPSA) is 51.2 Å². The lowest BCUT2D eigenvalue weighted by Crippen LogP contribution is -2.47. The molecule has 25 heavy (non-hydrogen) atoms. The number of carbonyl (C=O) groups excluding carboxylic acids is 1. The number of carbonyl (C=O) groups is 1. The largest absolute Gasteiger partial charge is 0.497 e. The summed E-state index contributed by atoms with van der Waals surface area (Å²) in [6.45, 7) is 5.65. The van der Waals surface area contributed by atoms with Crippen molar-refractivity contribution in [3.05, 3.63) is 23.8 Å². The van der Waals surface area contributed by atoms with Crippen molar-refractivity contribution < 1.29 is 19.0 Å². The van der Waals surface area contributed by atoms with E-state index < -0.39 is 0 Å². The van der Waals surface area contributed by atoms with Gasteiger partial charge in [-0.25, -0.2) is 0 Å². The molecule has 0 N–H and O–H groups in total. The van der Waals surface area contributed by atoms with E-state index in [4.69, 9.17) is 14.2 Å². The molecule has 6 nitrogen and oxygen atoms in total. The standard InChI is InChI=1S/C19H28N2O4/c1-14-12-20(9-10-25-14)13-19(22)21-8-4-5-17(21)16-7-6-15(23-2)11-18(16)24-3/h6-7,11,14,17H,4-5,8-10,12-13H2,1-3H3/t14-,17+/m0/s1. The zero-order valence-corrected chi connectivity index (χ0v) is 15.4. The highest BCUT2D eigenvalue weighted by Gasteiger charge is 2.33. The predicted octanol–water partition coefficient (Wildman–Crippen LogP) is 2.09. The van der Waals surface area contributed by atoms with E-state index in [1.807, 2.05) is 23.1 Å². The maximum atomic E-state index is 12.9. The zero-order chi connectivity index (χ0) is 17.8. The van der Waals surface area contributed by atoms with E-state index in [-0.39, 0.29) is 18.1 Å². The normalized spacial score (nSPS) is 24.4. The van der Waals surface area contributed by atoms with Crippen LogP contribution in [-0.2, 0) is 9.53 Å². The third-order valence-electron chi connectivity index (χ3n) is 5.06. The number of hydrogen-bond acceptors (Lipinski definition) is 5. The third kappa shape index (κ3) is 4.07. The van der Waals surface area contributed by atoms with Crippen molar-refractivity contribution in [2.24, 2.45) is 0 Å². The fourth-order valence-electron chi connectivity index (χ4n) is 3.80. The van der Waals surface area contributed by atoms with Crippen molar-refractivity contribution in [3.63, 3.8) is 0 Å². The van der Waals surface area contributed by atoms with Gasteiger partial charge in [-0.3, -0.25) is 9.69 Å². The molecule has 2 aliphatic rings. The monoisotopic (exact) mass is 348 g/mol. The zero-order valence-electron chi connectivity index (χ0n) is 15.4. The summed E-state index contributed by atoms with van der Waals surface area (Å²) in [4.78, 5) is 17.1. The number of benzene rings is 1. The summed E-state index contributed by atoms with van der Waals surface area (Å²) in [7, 11) is 3.30. The van der Waals surface area contributed by atoms with Crippen LogP contribution in [0.3, 0.4) is 0 Å². The Balaban J connectivity index is 1.72. The van der Waals surface area contributed by atoms with Crippen molar-refractivity contribution in [2.75, 3.05) is 47.0 Å². The number of nitrogens with zero attached hydrogens (tertiary/aromatic N) is 2. The summed E-state index contributed by atoms with van der Waals surface area (Å²) in [6, 6.07) is 5.92. The number of amides is 1. The quantitative estimate of drug-likeness (QED) is 0.816. The van der Waals surface area contributed by atoms with E-state index in [2.05, 4.69) is 11.8 Å². The molecule has 2 atom stereocenters. The Morgan fingerprint density at radius 2 is 2.12 bits per heavy atom. The first-order valence-electron chi connectivity index (χ1n) is 8.97. The van der Waals surface area contributed by atoms with Crippen LogP contribution in [0.4, 0.5) is 0 Å². The second-order valence-corrected chi connectivity index (χ2v) is 6.77. The van der Waals surface area contributed by atoms with Gasteiger partial charge in [-0.15, -0.1) is 0 Å². The van der Waals surface area contributed by atoms with Gasteiger partial charge >= 0.3 is 0 Å². The van der Waals surface area contributed by atoms with Gasteiger partial charge in [0.05, 0.1) is 39.5 Å². The Morgan fingerprint density at radius 1 is 1.28 bits per heavy atom. The Labute approximate surface area is 149 Å². The minimum absolute atomic E-state index is 0.0758. The molecule has 0 aliphatic carbocycles. The SMILES string of the molecule is COc1ccc([C@H]2CCCN2C(=O)CN2CCO[C@@H](C)C2)c(OC)c1. The van der Waals surface area contributed by atoms with Gasteiger partial charge in [0.25, 0.3) is 0 Å². The first-order chi connectivity index (χ1) is 12.1. The van der Waals surface area contributed by atoms with Crippen LogP contribution in [0.25, 0.3) is 0 Å². The van der Waals surface area contributed by atoms with Crippen molar-refractivity contribution in [1.29, 1.82) is 0 Å². The number of hydrogen-bond donors (Lipinski definition) is 0. The van der Waals surface area contributed by atoms with Gasteiger partial charge in [0.15, 0.2) is 0 Å². The van der Waals surface area contributed by atoms with Crippen LogP contribution < -0.4 is 9.47 Å². The minimum atomic E-state index is 0.0758. The third-order valence-corrected chi connectivity index (χ3v) is 5.06. The minimum Gasteiger partial charge on any atom is -0.497 e. The maximum absolute atomic E-state index is 12.9. The van der Waals surface area contributed by atoms with Gasteiger partial charge in [0.1, 0.15) is 11.5 Å². The molecule has 1 aromatic carbocycles. The summed E-state index contributed by atoms with van der Waals surface area (Å²) < 4.78 is 16.4. The molecule has 0 unspecified atom stereocenters. The van der Waals surface area contributed by atoms with Gasteiger partial charge in [-0.05, 0) is 31.9 Å². The van der Waals surface area contributed by atoms with E-state index in [1.54, 1.807) is 14.2 Å². The van der Waals surface area contributed by atoms with E-state index in [9.17, 15) is 4.79 Å². The molecule has 1 amide bonds. The van der Waals surface area contributed by atoms with Crippen LogP contribution in [-0.4, -0.2) is 68.8 Å². The van der Waals surface area contributed by atoms with Gasteiger partial charge in [0, 0.05) is 31.3 Å². The average Bonchev–Trinajstić information content (AvgIpc) is 3.10. The van der Waals surface area contributed by atoms with Crippen LogP contribution >= 0.6 is 0 Å². The molecule has 2 heterocycles. The maximum Gasteiger partial charge on any atom is 0.237 e. The van der Waals surface area contributed by atoms with Crippen molar-refractivity contribution in [1.82, 2.24) is 9.80 Å². The summed E-state index contributed by atoms with van der Waals surface area (Å²) in [5, 5.41) is 0. The molecule has 0 saturated carbocycles. The molecule has 0 spiro atoms. The first-order valence-corrected chi connectivity index (χ1v) is 8.97. The van der Waals surface area contributed by atoms with Crippen LogP contribution in [0.5, 0.6) is 11.5 Å². The molecule has 2 aliphatic heterocycles. The van der Waals surface area contributed by atoms with Gasteiger partial charge < -0.3 is 19.1 Å². The van der Waals surface area contributed by atoms with Gasteiger partial charge in [-0.1, -0.05) is 0 Å². The average molecular weight is 348 g/mol. The molecular formula is C19H28N2O4. The number of ether oxygens (including phenoxy) is 3.